The van der Waals surface area contributed by atoms with Gasteiger partial charge in [0.25, 0.3) is 0 Å². The first-order valence-corrected chi connectivity index (χ1v) is 8.33. The number of halogens is 2. The van der Waals surface area contributed by atoms with Gasteiger partial charge in [-0.15, -0.1) is 0 Å². The van der Waals surface area contributed by atoms with Crippen molar-refractivity contribution < 1.29 is 9.90 Å². The van der Waals surface area contributed by atoms with Crippen LogP contribution < -0.4 is 0 Å². The predicted molar refractivity (Wildman–Crippen MR) is 97.2 cm³/mol. The first-order valence-electron chi connectivity index (χ1n) is 7.58. The molecule has 0 aliphatic carbocycles. The van der Waals surface area contributed by atoms with E-state index < -0.39 is 6.09 Å². The molecule has 1 N–H and O–H groups in total. The Labute approximate surface area is 148 Å². The lowest BCUT2D eigenvalue weighted by Gasteiger charge is -2.28. The van der Waals surface area contributed by atoms with Gasteiger partial charge in [-0.3, -0.25) is 0 Å². The summed E-state index contributed by atoms with van der Waals surface area (Å²) in [6, 6.07) is 11.4. The largest absolute Gasteiger partial charge is 0.465 e. The van der Waals surface area contributed by atoms with Gasteiger partial charge in [0, 0.05) is 44.9 Å². The summed E-state index contributed by atoms with van der Waals surface area (Å²) in [6.45, 7) is 0.830. The van der Waals surface area contributed by atoms with E-state index in [0.29, 0.717) is 23.1 Å². The van der Waals surface area contributed by atoms with Gasteiger partial charge in [0.2, 0.25) is 0 Å². The molecule has 2 heterocycles. The molecule has 122 valence electrons. The molecule has 1 amide bonds. The highest BCUT2D eigenvalue weighted by molar-refractivity contribution is 6.33. The van der Waals surface area contributed by atoms with Gasteiger partial charge >= 0.3 is 6.09 Å². The molecule has 0 radical (unpaired) electrons. The summed E-state index contributed by atoms with van der Waals surface area (Å²) in [5.74, 6) is 0. The molecule has 0 saturated heterocycles. The van der Waals surface area contributed by atoms with Crippen LogP contribution in [0.4, 0.5) is 4.79 Å². The van der Waals surface area contributed by atoms with E-state index in [1.54, 1.807) is 0 Å². The molecule has 4 nitrogen and oxygen atoms in total. The maximum atomic E-state index is 11.3. The van der Waals surface area contributed by atoms with E-state index >= 15 is 0 Å². The van der Waals surface area contributed by atoms with E-state index in [1.165, 1.54) is 4.90 Å². The Morgan fingerprint density at radius 3 is 2.17 bits per heavy atom. The number of aromatic nitrogens is 1. The van der Waals surface area contributed by atoms with Crippen molar-refractivity contribution in [1.29, 1.82) is 0 Å². The summed E-state index contributed by atoms with van der Waals surface area (Å²) < 4.78 is 2.16. The third-order valence-corrected chi connectivity index (χ3v) is 4.89. The van der Waals surface area contributed by atoms with Crippen molar-refractivity contribution in [2.45, 2.75) is 6.04 Å². The summed E-state index contributed by atoms with van der Waals surface area (Å²) in [4.78, 5) is 12.7. The molecule has 3 aromatic rings. The predicted octanol–water partition coefficient (Wildman–Crippen LogP) is 5.19. The number of carboxylic acid groups (broad SMARTS) is 1. The third kappa shape index (κ3) is 2.43. The molecule has 0 fully saturated rings. The molecule has 6 heteroatoms. The van der Waals surface area contributed by atoms with Gasteiger partial charge in [0.15, 0.2) is 0 Å². The van der Waals surface area contributed by atoms with Crippen molar-refractivity contribution in [1.82, 2.24) is 9.47 Å². The van der Waals surface area contributed by atoms with Gasteiger partial charge < -0.3 is 14.6 Å². The Morgan fingerprint density at radius 1 is 1.04 bits per heavy atom. The summed E-state index contributed by atoms with van der Waals surface area (Å²) in [7, 11) is 0. The van der Waals surface area contributed by atoms with Crippen molar-refractivity contribution in [3.8, 4) is 0 Å². The smallest absolute Gasteiger partial charge is 0.407 e. The fourth-order valence-electron chi connectivity index (χ4n) is 3.39. The standard InChI is InChI=1S/C18H14Cl2N2O2/c19-11-3-5-16-14(8-11)15-9-12(20)4-6-17(15)22(16)13-2-1-7-21(10-13)18(23)24/h1-6,8-9,13H,7,10H2,(H,23,24). The average molecular weight is 361 g/mol. The fraction of sp³-hybridized carbons (Fsp3) is 0.167. The number of hydrogen-bond donors (Lipinski definition) is 1. The Hall–Kier alpha value is -2.17. The second kappa shape index (κ2) is 5.72. The van der Waals surface area contributed by atoms with E-state index in [1.807, 2.05) is 42.5 Å². The normalized spacial score (nSPS) is 17.8. The molecule has 0 spiro atoms. The molecular weight excluding hydrogens is 347 g/mol. The van der Waals surface area contributed by atoms with Crippen LogP contribution in [0.15, 0.2) is 48.6 Å². The van der Waals surface area contributed by atoms with E-state index in [0.717, 1.165) is 21.8 Å². The first-order chi connectivity index (χ1) is 11.5. The number of nitrogens with zero attached hydrogens (tertiary/aromatic N) is 2. The molecule has 1 atom stereocenters. The molecule has 24 heavy (non-hydrogen) atoms. The highest BCUT2D eigenvalue weighted by Crippen LogP contribution is 2.36. The molecular formula is C18H14Cl2N2O2. The van der Waals surface area contributed by atoms with Crippen molar-refractivity contribution in [2.75, 3.05) is 13.1 Å². The number of rotatable bonds is 1. The number of benzene rings is 2. The highest BCUT2D eigenvalue weighted by atomic mass is 35.5. The van der Waals surface area contributed by atoms with Crippen LogP contribution in [0.5, 0.6) is 0 Å². The number of carbonyl (C=O) groups is 1. The van der Waals surface area contributed by atoms with Crippen LogP contribution in [0.25, 0.3) is 21.8 Å². The Balaban J connectivity index is 1.98. The van der Waals surface area contributed by atoms with E-state index in [2.05, 4.69) is 10.6 Å². The summed E-state index contributed by atoms with van der Waals surface area (Å²) in [6.07, 6.45) is 3.05. The van der Waals surface area contributed by atoms with Gasteiger partial charge in [0.1, 0.15) is 0 Å². The van der Waals surface area contributed by atoms with Crippen LogP contribution in [0.2, 0.25) is 10.0 Å². The van der Waals surface area contributed by atoms with Gasteiger partial charge in [-0.25, -0.2) is 4.79 Å². The molecule has 1 aliphatic rings. The SMILES string of the molecule is O=C(O)N1CC=CC(n2c3ccc(Cl)cc3c3cc(Cl)ccc32)C1. The fourth-order valence-corrected chi connectivity index (χ4v) is 3.73. The lowest BCUT2D eigenvalue weighted by atomic mass is 10.1. The van der Waals surface area contributed by atoms with Crippen LogP contribution in [0, 0.1) is 0 Å². The zero-order chi connectivity index (χ0) is 16.8. The minimum atomic E-state index is -0.906. The van der Waals surface area contributed by atoms with Crippen molar-refractivity contribution >= 4 is 51.1 Å². The molecule has 0 saturated carbocycles. The number of hydrogen-bond acceptors (Lipinski definition) is 1. The Morgan fingerprint density at radius 2 is 1.62 bits per heavy atom. The molecule has 1 unspecified atom stereocenters. The average Bonchev–Trinajstić information content (AvgIpc) is 2.88. The van der Waals surface area contributed by atoms with Crippen LogP contribution in [0.1, 0.15) is 6.04 Å². The second-order valence-corrected chi connectivity index (χ2v) is 6.75. The lowest BCUT2D eigenvalue weighted by Crippen LogP contribution is -2.37. The van der Waals surface area contributed by atoms with Crippen LogP contribution >= 0.6 is 23.2 Å². The molecule has 2 aromatic carbocycles. The number of fused-ring (bicyclic) bond motifs is 3. The molecule has 1 aromatic heterocycles. The van der Waals surface area contributed by atoms with Gasteiger partial charge in [-0.05, 0) is 36.4 Å². The quantitative estimate of drug-likeness (QED) is 0.606. The third-order valence-electron chi connectivity index (χ3n) is 4.42. The topological polar surface area (TPSA) is 45.5 Å². The van der Waals surface area contributed by atoms with Crippen LogP contribution in [-0.2, 0) is 0 Å². The monoisotopic (exact) mass is 360 g/mol. The van der Waals surface area contributed by atoms with Crippen molar-refractivity contribution in [3.05, 3.63) is 58.6 Å². The first kappa shape index (κ1) is 15.4. The minimum Gasteiger partial charge on any atom is -0.465 e. The van der Waals surface area contributed by atoms with Gasteiger partial charge in [-0.1, -0.05) is 35.4 Å². The maximum Gasteiger partial charge on any atom is 0.407 e. The van der Waals surface area contributed by atoms with Gasteiger partial charge in [0.05, 0.1) is 6.04 Å². The van der Waals surface area contributed by atoms with Gasteiger partial charge in [-0.2, -0.15) is 0 Å². The van der Waals surface area contributed by atoms with E-state index in [-0.39, 0.29) is 6.04 Å². The minimum absolute atomic E-state index is 0.0720. The van der Waals surface area contributed by atoms with Crippen molar-refractivity contribution in [3.63, 3.8) is 0 Å². The van der Waals surface area contributed by atoms with Crippen molar-refractivity contribution in [2.24, 2.45) is 0 Å². The molecule has 1 aliphatic heterocycles. The lowest BCUT2D eigenvalue weighted by molar-refractivity contribution is 0.144. The Bertz CT molecular complexity index is 934. The molecule has 0 bridgehead atoms. The summed E-state index contributed by atoms with van der Waals surface area (Å²) >= 11 is 12.4. The van der Waals surface area contributed by atoms with Crippen LogP contribution in [0.3, 0.4) is 0 Å². The highest BCUT2D eigenvalue weighted by Gasteiger charge is 2.23. The zero-order valence-electron chi connectivity index (χ0n) is 12.6. The Kier molecular flexibility index (Phi) is 3.66. The number of amides is 1. The maximum absolute atomic E-state index is 11.3. The van der Waals surface area contributed by atoms with E-state index in [4.69, 9.17) is 23.2 Å². The summed E-state index contributed by atoms with van der Waals surface area (Å²) in [5, 5.41) is 12.7. The second-order valence-electron chi connectivity index (χ2n) is 5.88. The summed E-state index contributed by atoms with van der Waals surface area (Å²) in [5.41, 5.74) is 2.03. The van der Waals surface area contributed by atoms with E-state index in [9.17, 15) is 9.90 Å². The zero-order valence-corrected chi connectivity index (χ0v) is 14.1. The molecule has 4 rings (SSSR count). The van der Waals surface area contributed by atoms with Crippen LogP contribution in [-0.4, -0.2) is 33.8 Å².